The molecule has 0 spiro atoms. The average Bonchev–Trinajstić information content (AvgIpc) is 2.06. The van der Waals surface area contributed by atoms with Gasteiger partial charge in [0, 0.05) is 7.11 Å². The summed E-state index contributed by atoms with van der Waals surface area (Å²) in [6.07, 6.45) is 0. The van der Waals surface area contributed by atoms with Crippen LogP contribution < -0.4 is 5.19 Å². The van der Waals surface area contributed by atoms with Gasteiger partial charge in [-0.1, -0.05) is 30.3 Å². The minimum absolute atomic E-state index is 1.11. The summed E-state index contributed by atoms with van der Waals surface area (Å²) in [4.78, 5) is 0. The van der Waals surface area contributed by atoms with Gasteiger partial charge < -0.3 is 4.43 Å². The van der Waals surface area contributed by atoms with Crippen LogP contribution >= 0.6 is 11.1 Å². The fraction of sp³-hybridized carbons (Fsp3) is 0.250. The maximum atomic E-state index is 6.16. The molecule has 0 saturated heterocycles. The highest BCUT2D eigenvalue weighted by Crippen LogP contribution is 2.08. The molecule has 1 rings (SSSR count). The molecule has 0 aliphatic rings. The van der Waals surface area contributed by atoms with Crippen LogP contribution in [0.1, 0.15) is 0 Å². The molecule has 0 heterocycles. The Kier molecular flexibility index (Phi) is 2.71. The van der Waals surface area contributed by atoms with E-state index in [0.717, 1.165) is 5.19 Å². The van der Waals surface area contributed by atoms with Crippen molar-refractivity contribution in [1.29, 1.82) is 0 Å². The van der Waals surface area contributed by atoms with Gasteiger partial charge in [-0.15, -0.1) is 11.1 Å². The molecule has 1 unspecified atom stereocenters. The topological polar surface area (TPSA) is 9.23 Å². The van der Waals surface area contributed by atoms with Crippen LogP contribution in [0, 0.1) is 0 Å². The Morgan fingerprint density at radius 1 is 1.27 bits per heavy atom. The quantitative estimate of drug-likeness (QED) is 0.506. The lowest BCUT2D eigenvalue weighted by molar-refractivity contribution is 0.427. The molecule has 60 valence electrons. The van der Waals surface area contributed by atoms with Gasteiger partial charge in [0.05, 0.1) is 0 Å². The summed E-state index contributed by atoms with van der Waals surface area (Å²) in [6, 6.07) is 9.93. The van der Waals surface area contributed by atoms with Gasteiger partial charge in [-0.3, -0.25) is 0 Å². The van der Waals surface area contributed by atoms with Gasteiger partial charge in [0.15, 0.2) is 0 Å². The van der Waals surface area contributed by atoms with Crippen LogP contribution in [0.15, 0.2) is 30.3 Å². The van der Waals surface area contributed by atoms with Gasteiger partial charge >= 0.3 is 7.63 Å². The summed E-state index contributed by atoms with van der Waals surface area (Å²) in [5.41, 5.74) is 0. The Bertz CT molecular complexity index is 223. The Labute approximate surface area is 72.8 Å². The van der Waals surface area contributed by atoms with Crippen LogP contribution in [0.2, 0.25) is 6.55 Å². The van der Waals surface area contributed by atoms with Crippen LogP contribution in [-0.2, 0) is 4.43 Å². The van der Waals surface area contributed by atoms with E-state index in [0.29, 0.717) is 0 Å². The Hall–Kier alpha value is -0.313. The van der Waals surface area contributed by atoms with Crippen molar-refractivity contribution in [2.45, 2.75) is 6.55 Å². The zero-order chi connectivity index (χ0) is 8.32. The second-order valence-corrected chi connectivity index (χ2v) is 7.47. The summed E-state index contributed by atoms with van der Waals surface area (Å²) < 4.78 is 5.23. The maximum Gasteiger partial charge on any atom is 0.319 e. The first-order valence-electron chi connectivity index (χ1n) is 3.46. The molecule has 0 aliphatic heterocycles. The zero-order valence-electron chi connectivity index (χ0n) is 6.67. The normalized spacial score (nSPS) is 15.9. The number of rotatable bonds is 2. The van der Waals surface area contributed by atoms with Crippen LogP contribution in [0.3, 0.4) is 0 Å². The van der Waals surface area contributed by atoms with Gasteiger partial charge in [0.2, 0.25) is 0 Å². The first-order chi connectivity index (χ1) is 5.17. The molecule has 1 aromatic carbocycles. The van der Waals surface area contributed by atoms with E-state index in [-0.39, 0.29) is 0 Å². The molecule has 0 saturated carbocycles. The molecule has 1 nitrogen and oxygen atoms in total. The molecule has 0 N–H and O–H groups in total. The first-order valence-corrected chi connectivity index (χ1v) is 6.88. The average molecular weight is 187 g/mol. The first kappa shape index (κ1) is 8.78. The van der Waals surface area contributed by atoms with E-state index in [4.69, 9.17) is 15.5 Å². The lowest BCUT2D eigenvalue weighted by Crippen LogP contribution is -2.40. The number of hydrogen-bond donors (Lipinski definition) is 0. The molecule has 1 atom stereocenters. The van der Waals surface area contributed by atoms with E-state index in [1.807, 2.05) is 36.9 Å². The number of halogens is 1. The predicted octanol–water partition coefficient (Wildman–Crippen LogP) is 1.85. The Morgan fingerprint density at radius 3 is 2.27 bits per heavy atom. The highest BCUT2D eigenvalue weighted by molar-refractivity contribution is 7.23. The van der Waals surface area contributed by atoms with Crippen LogP contribution in [0.25, 0.3) is 0 Å². The number of hydrogen-bond acceptors (Lipinski definition) is 1. The third-order valence-electron chi connectivity index (χ3n) is 1.67. The van der Waals surface area contributed by atoms with Crippen molar-refractivity contribution >= 4 is 23.9 Å². The van der Waals surface area contributed by atoms with Crippen LogP contribution in [0.5, 0.6) is 0 Å². The smallest absolute Gasteiger partial charge is 0.319 e. The van der Waals surface area contributed by atoms with Gasteiger partial charge in [0.1, 0.15) is 0 Å². The molecular formula is C8H11ClOSi. The van der Waals surface area contributed by atoms with Gasteiger partial charge in [-0.25, -0.2) is 0 Å². The van der Waals surface area contributed by atoms with Gasteiger partial charge in [-0.2, -0.15) is 0 Å². The van der Waals surface area contributed by atoms with Crippen LogP contribution in [0.4, 0.5) is 0 Å². The molecular weight excluding hydrogens is 176 g/mol. The minimum Gasteiger partial charge on any atom is -0.403 e. The highest BCUT2D eigenvalue weighted by Gasteiger charge is 2.26. The lowest BCUT2D eigenvalue weighted by atomic mass is 10.4. The zero-order valence-corrected chi connectivity index (χ0v) is 8.43. The fourth-order valence-electron chi connectivity index (χ4n) is 0.854. The monoisotopic (exact) mass is 186 g/mol. The molecule has 0 amide bonds. The minimum atomic E-state index is -2.08. The van der Waals surface area contributed by atoms with Crippen molar-refractivity contribution in [2.75, 3.05) is 7.11 Å². The Morgan fingerprint density at radius 2 is 1.82 bits per heavy atom. The highest BCUT2D eigenvalue weighted by atomic mass is 35.6. The molecule has 0 bridgehead atoms. The fourth-order valence-corrected chi connectivity index (χ4v) is 2.26. The summed E-state index contributed by atoms with van der Waals surface area (Å²) in [5.74, 6) is 0. The Balaban J connectivity index is 2.93. The van der Waals surface area contributed by atoms with E-state index in [1.165, 1.54) is 0 Å². The summed E-state index contributed by atoms with van der Waals surface area (Å²) in [7, 11) is -0.422. The predicted molar refractivity (Wildman–Crippen MR) is 50.6 cm³/mol. The third-order valence-corrected chi connectivity index (χ3v) is 4.92. The number of benzene rings is 1. The molecule has 0 aliphatic carbocycles. The molecule has 1 aromatic rings. The van der Waals surface area contributed by atoms with E-state index in [1.54, 1.807) is 7.11 Å². The summed E-state index contributed by atoms with van der Waals surface area (Å²) >= 11 is 6.16. The molecule has 3 heteroatoms. The van der Waals surface area contributed by atoms with E-state index in [9.17, 15) is 0 Å². The van der Waals surface area contributed by atoms with Crippen molar-refractivity contribution < 1.29 is 4.43 Å². The van der Waals surface area contributed by atoms with Crippen molar-refractivity contribution in [3.05, 3.63) is 30.3 Å². The standard InChI is InChI=1S/C8H11ClOSi/c1-10-11(2,9)8-6-4-3-5-7-8/h3-7H,1-2H3. The van der Waals surface area contributed by atoms with Crippen molar-refractivity contribution in [3.63, 3.8) is 0 Å². The van der Waals surface area contributed by atoms with Crippen molar-refractivity contribution in [3.8, 4) is 0 Å². The van der Waals surface area contributed by atoms with Crippen LogP contribution in [-0.4, -0.2) is 14.7 Å². The van der Waals surface area contributed by atoms with Gasteiger partial charge in [-0.05, 0) is 11.7 Å². The van der Waals surface area contributed by atoms with Crippen molar-refractivity contribution in [1.82, 2.24) is 0 Å². The van der Waals surface area contributed by atoms with E-state index < -0.39 is 7.63 Å². The largest absolute Gasteiger partial charge is 0.403 e. The second kappa shape index (κ2) is 3.39. The lowest BCUT2D eigenvalue weighted by Gasteiger charge is -2.16. The SMILES string of the molecule is CO[Si](C)(Cl)c1ccccc1. The summed E-state index contributed by atoms with van der Waals surface area (Å²) in [5, 5.41) is 1.11. The molecule has 0 fully saturated rings. The molecule has 11 heavy (non-hydrogen) atoms. The molecule has 0 aromatic heterocycles. The van der Waals surface area contributed by atoms with Crippen molar-refractivity contribution in [2.24, 2.45) is 0 Å². The summed E-state index contributed by atoms with van der Waals surface area (Å²) in [6.45, 7) is 1.96. The van der Waals surface area contributed by atoms with Gasteiger partial charge in [0.25, 0.3) is 0 Å². The van der Waals surface area contributed by atoms with E-state index in [2.05, 4.69) is 0 Å². The molecule has 0 radical (unpaired) electrons. The third kappa shape index (κ3) is 2.06. The van der Waals surface area contributed by atoms with E-state index >= 15 is 0 Å². The maximum absolute atomic E-state index is 6.16. The second-order valence-electron chi connectivity index (χ2n) is 2.49.